The Morgan fingerprint density at radius 3 is 2.25 bits per heavy atom. The third kappa shape index (κ3) is 2.08. The second-order valence-electron chi connectivity index (χ2n) is 4.03. The minimum atomic E-state index is -1.05. The van der Waals surface area contributed by atoms with Crippen molar-refractivity contribution in [2.45, 2.75) is 0 Å². The first-order valence-corrected chi connectivity index (χ1v) is 5.86. The molecule has 0 saturated heterocycles. The average molecular weight is 296 g/mol. The molecule has 3 rings (SSSR count). The highest BCUT2D eigenvalue weighted by molar-refractivity contribution is 6.32. The molecule has 0 aliphatic heterocycles. The molecule has 2 heterocycles. The Balaban J connectivity index is 2.32. The van der Waals surface area contributed by atoms with Gasteiger partial charge in [0.15, 0.2) is 0 Å². The van der Waals surface area contributed by atoms with E-state index in [1.165, 1.54) is 18.5 Å². The molecule has 0 aliphatic rings. The first-order valence-electron chi connectivity index (χ1n) is 5.48. The molecule has 100 valence electrons. The smallest absolute Gasteiger partial charge is 0.137 e. The normalized spacial score (nSPS) is 11.0. The Hall–Kier alpha value is -2.21. The highest BCUT2D eigenvalue weighted by Gasteiger charge is 2.17. The molecule has 0 unspecified atom stereocenters. The molecule has 0 amide bonds. The fourth-order valence-corrected chi connectivity index (χ4v) is 2.12. The Labute approximate surface area is 116 Å². The van der Waals surface area contributed by atoms with Gasteiger partial charge in [0.1, 0.15) is 22.6 Å². The second kappa shape index (κ2) is 4.72. The summed E-state index contributed by atoms with van der Waals surface area (Å²) in [5.41, 5.74) is 0.0430. The molecule has 3 aromatic rings. The third-order valence-electron chi connectivity index (χ3n) is 2.76. The van der Waals surface area contributed by atoms with Crippen molar-refractivity contribution in [3.8, 4) is 11.1 Å². The maximum Gasteiger partial charge on any atom is 0.137 e. The van der Waals surface area contributed by atoms with E-state index in [9.17, 15) is 13.2 Å². The predicted octanol–water partition coefficient (Wildman–Crippen LogP) is 3.76. The van der Waals surface area contributed by atoms with Crippen LogP contribution in [0.5, 0.6) is 0 Å². The minimum absolute atomic E-state index is 0.0298. The number of rotatable bonds is 1. The SMILES string of the molecule is Fc1cc(F)c(-c2cc3cnncc3nc2Cl)c(F)c1. The van der Waals surface area contributed by atoms with Crippen LogP contribution < -0.4 is 0 Å². The van der Waals surface area contributed by atoms with Crippen LogP contribution in [0.3, 0.4) is 0 Å². The summed E-state index contributed by atoms with van der Waals surface area (Å²) in [7, 11) is 0. The van der Waals surface area contributed by atoms with Gasteiger partial charge in [0.05, 0.1) is 23.5 Å². The van der Waals surface area contributed by atoms with E-state index in [1.54, 1.807) is 0 Å². The molecule has 0 bridgehead atoms. The fraction of sp³-hybridized carbons (Fsp3) is 0. The van der Waals surface area contributed by atoms with Crippen LogP contribution in [0.15, 0.2) is 30.6 Å². The van der Waals surface area contributed by atoms with Crippen molar-refractivity contribution in [1.82, 2.24) is 15.2 Å². The van der Waals surface area contributed by atoms with Crippen LogP contribution in [0.25, 0.3) is 22.0 Å². The van der Waals surface area contributed by atoms with Gasteiger partial charge in [-0.1, -0.05) is 11.6 Å². The van der Waals surface area contributed by atoms with Crippen molar-refractivity contribution >= 4 is 22.5 Å². The monoisotopic (exact) mass is 295 g/mol. The Kier molecular flexibility index (Phi) is 3.02. The summed E-state index contributed by atoms with van der Waals surface area (Å²) >= 11 is 5.94. The van der Waals surface area contributed by atoms with E-state index >= 15 is 0 Å². The number of nitrogens with zero attached hydrogens (tertiary/aromatic N) is 3. The molecule has 0 fully saturated rings. The molecule has 20 heavy (non-hydrogen) atoms. The average Bonchev–Trinajstić information content (AvgIpc) is 2.38. The second-order valence-corrected chi connectivity index (χ2v) is 4.39. The molecule has 0 radical (unpaired) electrons. The number of aromatic nitrogens is 3. The first kappa shape index (κ1) is 12.8. The van der Waals surface area contributed by atoms with Gasteiger partial charge in [0.25, 0.3) is 0 Å². The standard InChI is InChI=1S/C13H5ClF3N3/c14-13-8(1-6-4-18-19-5-11(6)20-13)12-9(16)2-7(15)3-10(12)17/h1-5H. The van der Waals surface area contributed by atoms with Gasteiger partial charge in [0.2, 0.25) is 0 Å². The quantitative estimate of drug-likeness (QED) is 0.642. The summed E-state index contributed by atoms with van der Waals surface area (Å²) in [4.78, 5) is 3.99. The van der Waals surface area contributed by atoms with Crippen LogP contribution in [0.1, 0.15) is 0 Å². The molecule has 7 heteroatoms. The summed E-state index contributed by atoms with van der Waals surface area (Å²) in [6.45, 7) is 0. The molecule has 0 spiro atoms. The summed E-state index contributed by atoms with van der Waals surface area (Å²) in [5, 5.41) is 7.70. The van der Waals surface area contributed by atoms with Crippen molar-refractivity contribution in [3.63, 3.8) is 0 Å². The summed E-state index contributed by atoms with van der Waals surface area (Å²) in [6.07, 6.45) is 2.77. The number of pyridine rings is 1. The van der Waals surface area contributed by atoms with E-state index < -0.39 is 23.0 Å². The molecule has 0 N–H and O–H groups in total. The van der Waals surface area contributed by atoms with E-state index in [2.05, 4.69) is 15.2 Å². The molecule has 0 aliphatic carbocycles. The molecule has 1 aromatic carbocycles. The minimum Gasteiger partial charge on any atom is -0.234 e. The predicted molar refractivity (Wildman–Crippen MR) is 67.7 cm³/mol. The number of hydrogen-bond acceptors (Lipinski definition) is 3. The molecule has 2 aromatic heterocycles. The highest BCUT2D eigenvalue weighted by Crippen LogP contribution is 2.33. The van der Waals surface area contributed by atoms with E-state index in [0.717, 1.165) is 0 Å². The lowest BCUT2D eigenvalue weighted by Gasteiger charge is -2.08. The Morgan fingerprint density at radius 2 is 1.55 bits per heavy atom. The van der Waals surface area contributed by atoms with Gasteiger partial charge in [-0.25, -0.2) is 18.2 Å². The van der Waals surface area contributed by atoms with E-state index in [-0.39, 0.29) is 10.7 Å². The van der Waals surface area contributed by atoms with E-state index in [1.807, 2.05) is 0 Å². The van der Waals surface area contributed by atoms with Gasteiger partial charge < -0.3 is 0 Å². The van der Waals surface area contributed by atoms with Crippen LogP contribution >= 0.6 is 11.6 Å². The first-order chi connectivity index (χ1) is 9.56. The Bertz CT molecular complexity index is 800. The van der Waals surface area contributed by atoms with Gasteiger partial charge in [-0.3, -0.25) is 0 Å². The van der Waals surface area contributed by atoms with Crippen molar-refractivity contribution in [2.24, 2.45) is 0 Å². The van der Waals surface area contributed by atoms with Gasteiger partial charge in [0, 0.05) is 23.1 Å². The van der Waals surface area contributed by atoms with Crippen molar-refractivity contribution in [1.29, 1.82) is 0 Å². The zero-order valence-electron chi connectivity index (χ0n) is 9.74. The number of hydrogen-bond donors (Lipinski definition) is 0. The number of fused-ring (bicyclic) bond motifs is 1. The zero-order chi connectivity index (χ0) is 14.3. The van der Waals surface area contributed by atoms with Crippen LogP contribution in [0.4, 0.5) is 13.2 Å². The largest absolute Gasteiger partial charge is 0.234 e. The summed E-state index contributed by atoms with van der Waals surface area (Å²) in [5.74, 6) is -3.10. The van der Waals surface area contributed by atoms with Gasteiger partial charge in [-0.05, 0) is 6.07 Å². The van der Waals surface area contributed by atoms with Crippen LogP contribution in [-0.4, -0.2) is 15.2 Å². The fourth-order valence-electron chi connectivity index (χ4n) is 1.88. The van der Waals surface area contributed by atoms with Crippen LogP contribution in [0, 0.1) is 17.5 Å². The van der Waals surface area contributed by atoms with Crippen molar-refractivity contribution in [2.75, 3.05) is 0 Å². The molecular formula is C13H5ClF3N3. The lowest BCUT2D eigenvalue weighted by Crippen LogP contribution is -1.95. The van der Waals surface area contributed by atoms with Gasteiger partial charge in [-0.2, -0.15) is 10.2 Å². The zero-order valence-corrected chi connectivity index (χ0v) is 10.5. The van der Waals surface area contributed by atoms with E-state index in [0.29, 0.717) is 23.0 Å². The molecule has 3 nitrogen and oxygen atoms in total. The summed E-state index contributed by atoms with van der Waals surface area (Å²) < 4.78 is 40.5. The van der Waals surface area contributed by atoms with Crippen LogP contribution in [0.2, 0.25) is 5.15 Å². The maximum atomic E-state index is 13.8. The lowest BCUT2D eigenvalue weighted by atomic mass is 10.0. The van der Waals surface area contributed by atoms with Crippen molar-refractivity contribution in [3.05, 3.63) is 53.2 Å². The molecule has 0 atom stereocenters. The molecular weight excluding hydrogens is 291 g/mol. The van der Waals surface area contributed by atoms with Crippen LogP contribution in [-0.2, 0) is 0 Å². The van der Waals surface area contributed by atoms with Gasteiger partial charge >= 0.3 is 0 Å². The summed E-state index contributed by atoms with van der Waals surface area (Å²) in [6, 6.07) is 2.60. The maximum absolute atomic E-state index is 13.8. The van der Waals surface area contributed by atoms with Crippen molar-refractivity contribution < 1.29 is 13.2 Å². The van der Waals surface area contributed by atoms with Gasteiger partial charge in [-0.15, -0.1) is 0 Å². The number of halogens is 4. The lowest BCUT2D eigenvalue weighted by molar-refractivity contribution is 0.548. The highest BCUT2D eigenvalue weighted by atomic mass is 35.5. The number of benzene rings is 1. The third-order valence-corrected chi connectivity index (χ3v) is 3.04. The molecule has 0 saturated carbocycles. The topological polar surface area (TPSA) is 38.7 Å². The Morgan fingerprint density at radius 1 is 0.900 bits per heavy atom. The van der Waals surface area contributed by atoms with E-state index in [4.69, 9.17) is 11.6 Å².